The summed E-state index contributed by atoms with van der Waals surface area (Å²) in [5, 5.41) is 4.09. The Kier molecular flexibility index (Phi) is 12.0. The van der Waals surface area contributed by atoms with Gasteiger partial charge in [0.05, 0.1) is 17.2 Å². The summed E-state index contributed by atoms with van der Waals surface area (Å²) < 4.78 is 35.6. The fraction of sp³-hybridized carbons (Fsp3) is 0.297. The van der Waals surface area contributed by atoms with Crippen molar-refractivity contribution in [2.24, 2.45) is 0 Å². The molecule has 252 valence electrons. The highest BCUT2D eigenvalue weighted by atomic mass is 35.5. The predicted octanol–water partition coefficient (Wildman–Crippen LogP) is 7.29. The minimum absolute atomic E-state index is 0.0168. The Bertz CT molecular complexity index is 1780. The van der Waals surface area contributed by atoms with Crippen molar-refractivity contribution in [2.45, 2.75) is 62.6 Å². The summed E-state index contributed by atoms with van der Waals surface area (Å²) in [6.07, 6.45) is 4.03. The number of amides is 2. The van der Waals surface area contributed by atoms with Crippen LogP contribution in [0.5, 0.6) is 5.75 Å². The van der Waals surface area contributed by atoms with E-state index in [1.807, 2.05) is 30.3 Å². The smallest absolute Gasteiger partial charge is 0.264 e. The van der Waals surface area contributed by atoms with Gasteiger partial charge in [0, 0.05) is 29.1 Å². The molecule has 8 nitrogen and oxygen atoms in total. The van der Waals surface area contributed by atoms with Crippen LogP contribution in [0.25, 0.3) is 0 Å². The largest absolute Gasteiger partial charge is 0.492 e. The van der Waals surface area contributed by atoms with Crippen molar-refractivity contribution < 1.29 is 22.7 Å². The van der Waals surface area contributed by atoms with Gasteiger partial charge in [-0.25, -0.2) is 8.42 Å². The Balaban J connectivity index is 1.59. The highest BCUT2D eigenvalue weighted by Crippen LogP contribution is 2.33. The number of ether oxygens (including phenoxy) is 1. The van der Waals surface area contributed by atoms with Gasteiger partial charge in [-0.15, -0.1) is 0 Å². The lowest BCUT2D eigenvalue weighted by Crippen LogP contribution is -2.54. The van der Waals surface area contributed by atoms with Gasteiger partial charge in [-0.1, -0.05) is 90.6 Å². The van der Waals surface area contributed by atoms with E-state index in [0.29, 0.717) is 15.8 Å². The molecule has 0 aromatic heterocycles. The highest BCUT2D eigenvalue weighted by Gasteiger charge is 2.36. The lowest BCUT2D eigenvalue weighted by atomic mass is 10.0. The van der Waals surface area contributed by atoms with Crippen LogP contribution in [0.3, 0.4) is 0 Å². The molecule has 48 heavy (non-hydrogen) atoms. The molecule has 1 atom stereocenters. The molecule has 0 radical (unpaired) electrons. The van der Waals surface area contributed by atoms with Crippen LogP contribution >= 0.6 is 23.2 Å². The summed E-state index contributed by atoms with van der Waals surface area (Å²) in [7, 11) is -4.31. The van der Waals surface area contributed by atoms with Gasteiger partial charge < -0.3 is 15.0 Å². The van der Waals surface area contributed by atoms with Crippen LogP contribution < -0.4 is 14.4 Å². The number of sulfonamides is 1. The zero-order chi connectivity index (χ0) is 34.1. The standard InChI is InChI=1S/C37H39Cl2N3O5S/c1-2-47-35-15-9-8-14-33(35)42(48(45,46)32-22-20-30(39)21-23-32)26-36(43)41(25-28-16-18-29(38)19-17-28)34(24-27-10-4-3-5-11-27)37(44)40-31-12-6-7-13-31/h3-5,8-11,14-23,31,34H,2,6-7,12-13,24-26H2,1H3,(H,40,44)/t34-/m1/s1. The summed E-state index contributed by atoms with van der Waals surface area (Å²) in [6.45, 7) is 1.53. The zero-order valence-electron chi connectivity index (χ0n) is 26.7. The molecule has 0 spiro atoms. The van der Waals surface area contributed by atoms with Gasteiger partial charge in [-0.05, 0) is 79.4 Å². The first kappa shape index (κ1) is 35.3. The summed E-state index contributed by atoms with van der Waals surface area (Å²) in [6, 6.07) is 28.1. The average molecular weight is 709 g/mol. The Labute approximate surface area is 292 Å². The van der Waals surface area contributed by atoms with Crippen LogP contribution in [-0.4, -0.2) is 50.4 Å². The number of anilines is 1. The van der Waals surface area contributed by atoms with Crippen LogP contribution in [0, 0.1) is 0 Å². The van der Waals surface area contributed by atoms with Crippen LogP contribution in [0.2, 0.25) is 10.0 Å². The summed E-state index contributed by atoms with van der Waals surface area (Å²) in [5.41, 5.74) is 1.80. The van der Waals surface area contributed by atoms with E-state index in [4.69, 9.17) is 27.9 Å². The van der Waals surface area contributed by atoms with Gasteiger partial charge in [0.25, 0.3) is 10.0 Å². The molecule has 1 aliphatic carbocycles. The fourth-order valence-electron chi connectivity index (χ4n) is 5.90. The third kappa shape index (κ3) is 8.89. The number of para-hydroxylation sites is 2. The Hall–Kier alpha value is -4.05. The van der Waals surface area contributed by atoms with Crippen molar-refractivity contribution in [3.05, 3.63) is 124 Å². The molecule has 0 heterocycles. The number of carbonyl (C=O) groups excluding carboxylic acids is 2. The molecule has 0 aliphatic heterocycles. The highest BCUT2D eigenvalue weighted by molar-refractivity contribution is 7.92. The van der Waals surface area contributed by atoms with Gasteiger partial charge in [0.15, 0.2) is 0 Å². The number of nitrogens with zero attached hydrogens (tertiary/aromatic N) is 2. The minimum atomic E-state index is -4.31. The number of carbonyl (C=O) groups is 2. The van der Waals surface area contributed by atoms with E-state index in [1.54, 1.807) is 55.5 Å². The molecule has 11 heteroatoms. The zero-order valence-corrected chi connectivity index (χ0v) is 29.1. The third-order valence-electron chi connectivity index (χ3n) is 8.35. The van der Waals surface area contributed by atoms with Crippen LogP contribution in [0.15, 0.2) is 108 Å². The molecule has 1 fully saturated rings. The molecule has 5 rings (SSSR count). The quantitative estimate of drug-likeness (QED) is 0.149. The number of hydrogen-bond acceptors (Lipinski definition) is 5. The van der Waals surface area contributed by atoms with Crippen LogP contribution in [-0.2, 0) is 32.6 Å². The number of halogens is 2. The van der Waals surface area contributed by atoms with Crippen LogP contribution in [0.1, 0.15) is 43.7 Å². The maximum absolute atomic E-state index is 14.7. The van der Waals surface area contributed by atoms with Crippen LogP contribution in [0.4, 0.5) is 5.69 Å². The first-order chi connectivity index (χ1) is 23.2. The van der Waals surface area contributed by atoms with Gasteiger partial charge in [-0.2, -0.15) is 0 Å². The van der Waals surface area contributed by atoms with E-state index in [-0.39, 0.29) is 42.1 Å². The van der Waals surface area contributed by atoms with E-state index in [0.717, 1.165) is 41.1 Å². The molecular weight excluding hydrogens is 669 g/mol. The first-order valence-electron chi connectivity index (χ1n) is 16.0. The van der Waals surface area contributed by atoms with E-state index >= 15 is 0 Å². The number of benzene rings is 4. The topological polar surface area (TPSA) is 96.0 Å². The van der Waals surface area contributed by atoms with Gasteiger partial charge in [0.2, 0.25) is 11.8 Å². The number of nitrogens with one attached hydrogen (secondary N) is 1. The second-order valence-electron chi connectivity index (χ2n) is 11.7. The molecule has 4 aromatic rings. The maximum atomic E-state index is 14.7. The summed E-state index contributed by atoms with van der Waals surface area (Å²) in [5.74, 6) is -0.541. The van der Waals surface area contributed by atoms with Crippen molar-refractivity contribution in [3.63, 3.8) is 0 Å². The SMILES string of the molecule is CCOc1ccccc1N(CC(=O)N(Cc1ccc(Cl)cc1)[C@H](Cc1ccccc1)C(=O)NC1CCCC1)S(=O)(=O)c1ccc(Cl)cc1. The van der Waals surface area contributed by atoms with E-state index < -0.39 is 28.5 Å². The third-order valence-corrected chi connectivity index (χ3v) is 10.6. The fourth-order valence-corrected chi connectivity index (χ4v) is 7.57. The number of rotatable bonds is 14. The molecule has 0 saturated heterocycles. The monoisotopic (exact) mass is 707 g/mol. The molecule has 1 saturated carbocycles. The Morgan fingerprint density at radius 3 is 2.08 bits per heavy atom. The van der Waals surface area contributed by atoms with Gasteiger partial charge in [0.1, 0.15) is 18.3 Å². The van der Waals surface area contributed by atoms with Crippen molar-refractivity contribution in [1.29, 1.82) is 0 Å². The van der Waals surface area contributed by atoms with Crippen molar-refractivity contribution in [2.75, 3.05) is 17.5 Å². The Morgan fingerprint density at radius 2 is 1.44 bits per heavy atom. The molecule has 0 unspecified atom stereocenters. The van der Waals surface area contributed by atoms with Crippen molar-refractivity contribution in [3.8, 4) is 5.75 Å². The van der Waals surface area contributed by atoms with Gasteiger partial charge >= 0.3 is 0 Å². The predicted molar refractivity (Wildman–Crippen MR) is 190 cm³/mol. The molecule has 2 amide bonds. The molecule has 0 bridgehead atoms. The summed E-state index contributed by atoms with van der Waals surface area (Å²) in [4.78, 5) is 30.3. The van der Waals surface area contributed by atoms with E-state index in [2.05, 4.69) is 5.32 Å². The molecular formula is C37H39Cl2N3O5S. The second-order valence-corrected chi connectivity index (χ2v) is 14.4. The average Bonchev–Trinajstić information content (AvgIpc) is 3.60. The molecule has 1 aliphatic rings. The van der Waals surface area contributed by atoms with Crippen molar-refractivity contribution in [1.82, 2.24) is 10.2 Å². The van der Waals surface area contributed by atoms with Crippen molar-refractivity contribution >= 4 is 50.7 Å². The Morgan fingerprint density at radius 1 is 0.833 bits per heavy atom. The number of hydrogen-bond donors (Lipinski definition) is 1. The summed E-state index contributed by atoms with van der Waals surface area (Å²) >= 11 is 12.3. The van der Waals surface area contributed by atoms with Gasteiger partial charge in [-0.3, -0.25) is 13.9 Å². The van der Waals surface area contributed by atoms with E-state index in [1.165, 1.54) is 29.2 Å². The lowest BCUT2D eigenvalue weighted by Gasteiger charge is -2.34. The second kappa shape index (κ2) is 16.4. The minimum Gasteiger partial charge on any atom is -0.492 e. The maximum Gasteiger partial charge on any atom is 0.264 e. The lowest BCUT2D eigenvalue weighted by molar-refractivity contribution is -0.140. The molecule has 1 N–H and O–H groups in total. The molecule has 4 aromatic carbocycles. The first-order valence-corrected chi connectivity index (χ1v) is 18.2. The normalized spacial score (nSPS) is 13.9. The van der Waals surface area contributed by atoms with E-state index in [9.17, 15) is 18.0 Å².